The number of hydrogen-bond acceptors (Lipinski definition) is 8. The number of benzene rings is 1. The topological polar surface area (TPSA) is 106 Å². The summed E-state index contributed by atoms with van der Waals surface area (Å²) in [6.45, 7) is 3.16. The van der Waals surface area contributed by atoms with E-state index in [9.17, 15) is 18.0 Å². The number of anilines is 2. The standard InChI is InChI=1S/C23H28F4N6O3/c24-20-21(29-11-15-5-7-32(8-6-15)12-19(28)34)30-14-31-22(20)33-9-10-35-13-18(33)16-1-3-17(4-2-16)36-23(25,26)27/h1-4,14-15,18H,5-13H2,(H2,28,34)(H,29,30,31)/t18-/m1/s1. The first-order chi connectivity index (χ1) is 17.2. The van der Waals surface area contributed by atoms with E-state index in [0.29, 0.717) is 31.2 Å². The summed E-state index contributed by atoms with van der Waals surface area (Å²) in [7, 11) is 0. The Hall–Kier alpha value is -3.19. The van der Waals surface area contributed by atoms with Crippen LogP contribution in [0, 0.1) is 11.7 Å². The van der Waals surface area contributed by atoms with Crippen molar-refractivity contribution in [2.24, 2.45) is 11.7 Å². The number of aromatic nitrogens is 2. The number of halogens is 4. The van der Waals surface area contributed by atoms with Crippen molar-refractivity contribution in [2.45, 2.75) is 25.2 Å². The maximum atomic E-state index is 15.5. The molecule has 3 heterocycles. The van der Waals surface area contributed by atoms with Crippen LogP contribution in [0.3, 0.4) is 0 Å². The normalized spacial score (nSPS) is 19.8. The summed E-state index contributed by atoms with van der Waals surface area (Å²) in [6, 6.07) is 4.97. The summed E-state index contributed by atoms with van der Waals surface area (Å²) >= 11 is 0. The molecule has 1 aromatic carbocycles. The first-order valence-electron chi connectivity index (χ1n) is 11.6. The highest BCUT2D eigenvalue weighted by Crippen LogP contribution is 2.33. The minimum Gasteiger partial charge on any atom is -0.406 e. The number of nitrogens with zero attached hydrogens (tertiary/aromatic N) is 4. The monoisotopic (exact) mass is 512 g/mol. The fraction of sp³-hybridized carbons (Fsp3) is 0.522. The molecule has 0 saturated carbocycles. The molecule has 2 aromatic rings. The van der Waals surface area contributed by atoms with Crippen molar-refractivity contribution in [1.82, 2.24) is 14.9 Å². The van der Waals surface area contributed by atoms with Crippen LogP contribution in [-0.4, -0.2) is 73.1 Å². The highest BCUT2D eigenvalue weighted by atomic mass is 19.4. The zero-order valence-electron chi connectivity index (χ0n) is 19.5. The van der Waals surface area contributed by atoms with Crippen molar-refractivity contribution in [1.29, 1.82) is 0 Å². The van der Waals surface area contributed by atoms with Crippen LogP contribution >= 0.6 is 0 Å². The molecule has 13 heteroatoms. The van der Waals surface area contributed by atoms with Gasteiger partial charge in [0.15, 0.2) is 11.6 Å². The number of carbonyl (C=O) groups excluding carboxylic acids is 1. The lowest BCUT2D eigenvalue weighted by atomic mass is 9.97. The number of alkyl halides is 3. The molecular formula is C23H28F4N6O3. The van der Waals surface area contributed by atoms with Gasteiger partial charge in [0.1, 0.15) is 12.1 Å². The van der Waals surface area contributed by atoms with Crippen molar-refractivity contribution in [3.63, 3.8) is 0 Å². The van der Waals surface area contributed by atoms with E-state index in [0.717, 1.165) is 25.9 Å². The van der Waals surface area contributed by atoms with Crippen LogP contribution in [0.1, 0.15) is 24.4 Å². The van der Waals surface area contributed by atoms with E-state index >= 15 is 4.39 Å². The Bertz CT molecular complexity index is 1030. The molecule has 2 aliphatic heterocycles. The van der Waals surface area contributed by atoms with Gasteiger partial charge >= 0.3 is 6.36 Å². The highest BCUT2D eigenvalue weighted by Gasteiger charge is 2.32. The van der Waals surface area contributed by atoms with Gasteiger partial charge in [-0.05, 0) is 49.5 Å². The lowest BCUT2D eigenvalue weighted by molar-refractivity contribution is -0.274. The van der Waals surface area contributed by atoms with Crippen LogP contribution in [0.4, 0.5) is 29.2 Å². The largest absolute Gasteiger partial charge is 0.573 e. The number of primary amides is 1. The maximum absolute atomic E-state index is 15.5. The average Bonchev–Trinajstić information content (AvgIpc) is 2.84. The van der Waals surface area contributed by atoms with E-state index in [-0.39, 0.29) is 36.4 Å². The summed E-state index contributed by atoms with van der Waals surface area (Å²) in [5.41, 5.74) is 5.89. The second kappa shape index (κ2) is 11.2. The van der Waals surface area contributed by atoms with Gasteiger partial charge in [-0.25, -0.2) is 9.97 Å². The minimum absolute atomic E-state index is 0.0822. The van der Waals surface area contributed by atoms with E-state index in [1.165, 1.54) is 30.6 Å². The molecule has 196 valence electrons. The first kappa shape index (κ1) is 25.9. The Morgan fingerprint density at radius 3 is 2.56 bits per heavy atom. The van der Waals surface area contributed by atoms with Crippen LogP contribution < -0.4 is 20.7 Å². The van der Waals surface area contributed by atoms with Gasteiger partial charge < -0.3 is 25.4 Å². The second-order valence-corrected chi connectivity index (χ2v) is 8.83. The number of nitrogens with one attached hydrogen (secondary N) is 1. The molecule has 0 radical (unpaired) electrons. The van der Waals surface area contributed by atoms with Gasteiger partial charge in [0.2, 0.25) is 11.7 Å². The Balaban J connectivity index is 1.42. The number of likely N-dealkylation sites (tertiary alicyclic amines) is 1. The summed E-state index contributed by atoms with van der Waals surface area (Å²) < 4.78 is 62.4. The van der Waals surface area contributed by atoms with Crippen LogP contribution in [0.2, 0.25) is 0 Å². The van der Waals surface area contributed by atoms with Gasteiger partial charge in [0.25, 0.3) is 0 Å². The molecule has 0 spiro atoms. The third-order valence-corrected chi connectivity index (χ3v) is 6.31. The molecule has 0 unspecified atom stereocenters. The Labute approximate surface area is 205 Å². The number of amides is 1. The molecule has 4 rings (SSSR count). The number of hydrogen-bond donors (Lipinski definition) is 2. The fourth-order valence-electron chi connectivity index (χ4n) is 4.52. The number of rotatable bonds is 8. The minimum atomic E-state index is -4.78. The molecule has 2 saturated heterocycles. The van der Waals surface area contributed by atoms with Gasteiger partial charge in [-0.1, -0.05) is 12.1 Å². The quantitative estimate of drug-likeness (QED) is 0.521. The van der Waals surface area contributed by atoms with E-state index in [1.807, 2.05) is 4.90 Å². The second-order valence-electron chi connectivity index (χ2n) is 8.83. The van der Waals surface area contributed by atoms with Gasteiger partial charge in [0, 0.05) is 13.1 Å². The highest BCUT2D eigenvalue weighted by molar-refractivity contribution is 5.75. The van der Waals surface area contributed by atoms with Crippen molar-refractivity contribution in [2.75, 3.05) is 56.2 Å². The molecule has 1 atom stereocenters. The predicted octanol–water partition coefficient (Wildman–Crippen LogP) is 2.70. The van der Waals surface area contributed by atoms with Crippen molar-refractivity contribution in [3.05, 3.63) is 42.0 Å². The van der Waals surface area contributed by atoms with Crippen LogP contribution in [0.15, 0.2) is 30.6 Å². The molecule has 36 heavy (non-hydrogen) atoms. The molecule has 2 fully saturated rings. The molecule has 0 aliphatic carbocycles. The smallest absolute Gasteiger partial charge is 0.406 e. The van der Waals surface area contributed by atoms with Gasteiger partial charge in [-0.15, -0.1) is 13.2 Å². The lowest BCUT2D eigenvalue weighted by Gasteiger charge is -2.37. The Kier molecular flexibility index (Phi) is 8.09. The maximum Gasteiger partial charge on any atom is 0.573 e. The summed E-state index contributed by atoms with van der Waals surface area (Å²) in [5, 5.41) is 3.08. The van der Waals surface area contributed by atoms with Crippen molar-refractivity contribution in [3.8, 4) is 5.75 Å². The van der Waals surface area contributed by atoms with Gasteiger partial charge in [-0.3, -0.25) is 9.69 Å². The zero-order chi connectivity index (χ0) is 25.7. The molecule has 9 nitrogen and oxygen atoms in total. The van der Waals surface area contributed by atoms with Crippen molar-refractivity contribution >= 4 is 17.5 Å². The predicted molar refractivity (Wildman–Crippen MR) is 123 cm³/mol. The van der Waals surface area contributed by atoms with E-state index in [4.69, 9.17) is 10.5 Å². The molecule has 1 amide bonds. The fourth-order valence-corrected chi connectivity index (χ4v) is 4.52. The molecule has 1 aromatic heterocycles. The van der Waals surface area contributed by atoms with E-state index in [1.54, 1.807) is 4.90 Å². The number of morpholine rings is 1. The SMILES string of the molecule is NC(=O)CN1CCC(CNc2ncnc(N3CCOC[C@@H]3c3ccc(OC(F)(F)F)cc3)c2F)CC1. The van der Waals surface area contributed by atoms with E-state index < -0.39 is 18.2 Å². The lowest BCUT2D eigenvalue weighted by Crippen LogP contribution is -2.41. The van der Waals surface area contributed by atoms with Crippen LogP contribution in [0.5, 0.6) is 5.75 Å². The van der Waals surface area contributed by atoms with Crippen LogP contribution in [-0.2, 0) is 9.53 Å². The molecule has 0 bridgehead atoms. The number of nitrogens with two attached hydrogens (primary N) is 1. The van der Waals surface area contributed by atoms with Crippen LogP contribution in [0.25, 0.3) is 0 Å². The third kappa shape index (κ3) is 6.72. The summed E-state index contributed by atoms with van der Waals surface area (Å²) in [4.78, 5) is 23.0. The molecule has 2 aliphatic rings. The summed E-state index contributed by atoms with van der Waals surface area (Å²) in [5.74, 6) is -0.830. The van der Waals surface area contributed by atoms with Crippen molar-refractivity contribution < 1.29 is 31.8 Å². The average molecular weight is 513 g/mol. The Morgan fingerprint density at radius 1 is 1.17 bits per heavy atom. The zero-order valence-corrected chi connectivity index (χ0v) is 19.5. The van der Waals surface area contributed by atoms with Gasteiger partial charge in [0.05, 0.1) is 25.8 Å². The number of ether oxygens (including phenoxy) is 2. The van der Waals surface area contributed by atoms with Gasteiger partial charge in [-0.2, -0.15) is 4.39 Å². The summed E-state index contributed by atoms with van der Waals surface area (Å²) in [6.07, 6.45) is -1.81. The number of piperidine rings is 1. The molecular weight excluding hydrogens is 484 g/mol. The molecule has 3 N–H and O–H groups in total. The first-order valence-corrected chi connectivity index (χ1v) is 11.6. The third-order valence-electron chi connectivity index (χ3n) is 6.31. The number of carbonyl (C=O) groups is 1. The Morgan fingerprint density at radius 2 is 1.89 bits per heavy atom. The van der Waals surface area contributed by atoms with E-state index in [2.05, 4.69) is 20.0 Å².